The van der Waals surface area contributed by atoms with Gasteiger partial charge in [-0.3, -0.25) is 0 Å². The molecule has 1 aromatic heterocycles. The van der Waals surface area contributed by atoms with Crippen LogP contribution >= 0.6 is 0 Å². The molecule has 2 aromatic carbocycles. The Kier molecular flexibility index (Phi) is 2.42. The van der Waals surface area contributed by atoms with Gasteiger partial charge in [-0.2, -0.15) is 4.57 Å². The monoisotopic (exact) mass is 314 g/mol. The van der Waals surface area contributed by atoms with Crippen molar-refractivity contribution in [3.63, 3.8) is 0 Å². The van der Waals surface area contributed by atoms with Crippen molar-refractivity contribution >= 4 is 10.8 Å². The van der Waals surface area contributed by atoms with Gasteiger partial charge in [-0.05, 0) is 56.3 Å². The number of aryl methyl sites for hydroxylation is 3. The maximum absolute atomic E-state index is 2.57. The minimum atomic E-state index is 0.202. The Bertz CT molecular complexity index is 1050. The Balaban J connectivity index is 2.01. The molecule has 2 aliphatic rings. The lowest BCUT2D eigenvalue weighted by molar-refractivity contribution is -0.730. The van der Waals surface area contributed by atoms with Gasteiger partial charge in [-0.25, -0.2) is 0 Å². The molecule has 1 nitrogen and oxygen atoms in total. The van der Waals surface area contributed by atoms with Crippen molar-refractivity contribution in [2.75, 3.05) is 0 Å². The summed E-state index contributed by atoms with van der Waals surface area (Å²) in [4.78, 5) is 0. The largest absolute Gasteiger partial charge is 0.221 e. The van der Waals surface area contributed by atoms with E-state index in [1.807, 2.05) is 0 Å². The number of nitrogens with zero attached hydrogens (tertiary/aromatic N) is 1. The minimum Gasteiger partial charge on any atom is -0.192 e. The second-order valence-corrected chi connectivity index (χ2v) is 8.41. The van der Waals surface area contributed by atoms with Crippen LogP contribution in [-0.4, -0.2) is 0 Å². The van der Waals surface area contributed by atoms with E-state index in [1.54, 1.807) is 5.56 Å². The summed E-state index contributed by atoms with van der Waals surface area (Å²) in [6.45, 7) is 11.6. The number of rotatable bonds is 0. The zero-order chi connectivity index (χ0) is 16.9. The van der Waals surface area contributed by atoms with Crippen molar-refractivity contribution in [3.05, 3.63) is 64.8 Å². The first-order valence-electron chi connectivity index (χ1n) is 8.93. The summed E-state index contributed by atoms with van der Waals surface area (Å²) in [5, 5.41) is 2.73. The van der Waals surface area contributed by atoms with E-state index in [1.165, 1.54) is 45.1 Å². The summed E-state index contributed by atoms with van der Waals surface area (Å²) >= 11 is 0. The van der Waals surface area contributed by atoms with Crippen LogP contribution in [0.4, 0.5) is 0 Å². The number of benzene rings is 2. The van der Waals surface area contributed by atoms with E-state index in [2.05, 4.69) is 81.8 Å². The minimum absolute atomic E-state index is 0.202. The number of fused-ring (bicyclic) bond motifs is 8. The van der Waals surface area contributed by atoms with Gasteiger partial charge in [0.25, 0.3) is 0 Å². The molecule has 0 N–H and O–H groups in total. The molecule has 2 unspecified atom stereocenters. The van der Waals surface area contributed by atoms with Gasteiger partial charge in [-0.15, -0.1) is 0 Å². The SMILES string of the molecule is Cc1cc(C)c2c(c1)-c1c3cc(C)ccc3cc[n+]1C1(C)CC21C. The molecule has 1 aliphatic carbocycles. The summed E-state index contributed by atoms with van der Waals surface area (Å²) < 4.78 is 2.57. The van der Waals surface area contributed by atoms with Gasteiger partial charge >= 0.3 is 0 Å². The van der Waals surface area contributed by atoms with Gasteiger partial charge in [0.05, 0.1) is 16.4 Å². The molecule has 2 atom stereocenters. The summed E-state index contributed by atoms with van der Waals surface area (Å²) in [7, 11) is 0. The van der Waals surface area contributed by atoms with Crippen LogP contribution in [0, 0.1) is 20.8 Å². The van der Waals surface area contributed by atoms with E-state index in [0.29, 0.717) is 0 Å². The molecule has 0 amide bonds. The molecule has 0 bridgehead atoms. The first kappa shape index (κ1) is 14.2. The highest BCUT2D eigenvalue weighted by atomic mass is 15.1. The first-order chi connectivity index (χ1) is 11.3. The normalized spacial score (nSPS) is 26.7. The van der Waals surface area contributed by atoms with Crippen LogP contribution in [0.2, 0.25) is 0 Å². The van der Waals surface area contributed by atoms with Crippen LogP contribution in [0.15, 0.2) is 42.6 Å². The number of pyridine rings is 1. The third kappa shape index (κ3) is 1.49. The predicted molar refractivity (Wildman–Crippen MR) is 99.4 cm³/mol. The van der Waals surface area contributed by atoms with Crippen LogP contribution in [0.25, 0.3) is 22.0 Å². The Morgan fingerprint density at radius 1 is 0.917 bits per heavy atom. The lowest BCUT2D eigenvalue weighted by Gasteiger charge is -2.28. The van der Waals surface area contributed by atoms with E-state index in [4.69, 9.17) is 0 Å². The van der Waals surface area contributed by atoms with Crippen LogP contribution in [0.1, 0.15) is 42.5 Å². The number of hydrogen-bond acceptors (Lipinski definition) is 0. The molecular weight excluding hydrogens is 290 g/mol. The molecule has 2 heterocycles. The van der Waals surface area contributed by atoms with Crippen LogP contribution in [0.3, 0.4) is 0 Å². The predicted octanol–water partition coefficient (Wildman–Crippen LogP) is 5.11. The second kappa shape index (κ2) is 4.08. The molecule has 1 saturated carbocycles. The zero-order valence-corrected chi connectivity index (χ0v) is 15.2. The highest BCUT2D eigenvalue weighted by Gasteiger charge is 2.73. The summed E-state index contributed by atoms with van der Waals surface area (Å²) in [5.74, 6) is 0. The van der Waals surface area contributed by atoms with Crippen LogP contribution in [0.5, 0.6) is 0 Å². The standard InChI is InChI=1S/C23H24N/c1-14-6-7-17-8-9-24-21(18(17)11-14)19-12-15(2)10-16(3)20(19)22(4)13-23(22,24)5/h6-12H,13H2,1-5H3/q+1. The molecule has 3 aromatic rings. The van der Waals surface area contributed by atoms with Gasteiger partial charge in [0.1, 0.15) is 0 Å². The average Bonchev–Trinajstić information content (AvgIpc) is 3.09. The highest BCUT2D eigenvalue weighted by molar-refractivity contribution is 5.95. The molecule has 5 rings (SSSR count). The van der Waals surface area contributed by atoms with Gasteiger partial charge in [0.2, 0.25) is 5.69 Å². The molecule has 1 aliphatic heterocycles. The molecule has 1 heteroatoms. The maximum Gasteiger partial charge on any atom is 0.221 e. The van der Waals surface area contributed by atoms with Crippen molar-refractivity contribution in [3.8, 4) is 11.3 Å². The van der Waals surface area contributed by atoms with Crippen molar-refractivity contribution in [2.24, 2.45) is 0 Å². The zero-order valence-electron chi connectivity index (χ0n) is 15.2. The van der Waals surface area contributed by atoms with Gasteiger partial charge in [0.15, 0.2) is 11.7 Å². The van der Waals surface area contributed by atoms with Crippen molar-refractivity contribution in [1.29, 1.82) is 0 Å². The smallest absolute Gasteiger partial charge is 0.192 e. The van der Waals surface area contributed by atoms with Gasteiger partial charge in [-0.1, -0.05) is 29.3 Å². The Morgan fingerprint density at radius 2 is 1.71 bits per heavy atom. The Hall–Kier alpha value is -2.15. The highest BCUT2D eigenvalue weighted by Crippen LogP contribution is 2.64. The summed E-state index contributed by atoms with van der Waals surface area (Å²) in [6.07, 6.45) is 3.55. The molecular formula is C23H24N+. The quantitative estimate of drug-likeness (QED) is 0.508. The molecule has 24 heavy (non-hydrogen) atoms. The third-order valence-electron chi connectivity index (χ3n) is 6.69. The second-order valence-electron chi connectivity index (χ2n) is 8.41. The van der Waals surface area contributed by atoms with Crippen molar-refractivity contribution < 1.29 is 4.57 Å². The third-order valence-corrected chi connectivity index (χ3v) is 6.69. The number of hydrogen-bond donors (Lipinski definition) is 0. The fourth-order valence-corrected chi connectivity index (χ4v) is 5.31. The van der Waals surface area contributed by atoms with E-state index in [9.17, 15) is 0 Å². The molecule has 0 spiro atoms. The lowest BCUT2D eigenvalue weighted by Crippen LogP contribution is -2.53. The molecule has 0 radical (unpaired) electrons. The van der Waals surface area contributed by atoms with Gasteiger partial charge < -0.3 is 0 Å². The fourth-order valence-electron chi connectivity index (χ4n) is 5.31. The van der Waals surface area contributed by atoms with Gasteiger partial charge in [0, 0.05) is 19.4 Å². The summed E-state index contributed by atoms with van der Waals surface area (Å²) in [6, 6.07) is 13.9. The summed E-state index contributed by atoms with van der Waals surface area (Å²) in [5.41, 5.74) is 9.03. The Labute approximate surface area is 144 Å². The lowest BCUT2D eigenvalue weighted by atomic mass is 9.79. The average molecular weight is 314 g/mol. The van der Waals surface area contributed by atoms with E-state index in [0.717, 1.165) is 0 Å². The van der Waals surface area contributed by atoms with Crippen molar-refractivity contribution in [2.45, 2.75) is 52.0 Å². The van der Waals surface area contributed by atoms with Crippen molar-refractivity contribution in [1.82, 2.24) is 0 Å². The first-order valence-corrected chi connectivity index (χ1v) is 8.93. The number of aromatic nitrogens is 1. The van der Waals surface area contributed by atoms with E-state index >= 15 is 0 Å². The molecule has 1 fully saturated rings. The fraction of sp³-hybridized carbons (Fsp3) is 0.348. The van der Waals surface area contributed by atoms with Crippen LogP contribution < -0.4 is 4.57 Å². The van der Waals surface area contributed by atoms with E-state index in [-0.39, 0.29) is 11.0 Å². The maximum atomic E-state index is 2.57. The Morgan fingerprint density at radius 3 is 2.50 bits per heavy atom. The molecule has 120 valence electrons. The van der Waals surface area contributed by atoms with Crippen LogP contribution in [-0.2, 0) is 11.0 Å². The van der Waals surface area contributed by atoms with E-state index < -0.39 is 0 Å². The topological polar surface area (TPSA) is 3.88 Å². The molecule has 0 saturated heterocycles.